The molecule has 0 spiro atoms. The van der Waals surface area contributed by atoms with Gasteiger partial charge in [-0.15, -0.1) is 6.42 Å². The molecule has 1 saturated carbocycles. The zero-order chi connectivity index (χ0) is 37.7. The van der Waals surface area contributed by atoms with E-state index in [9.17, 15) is 24.6 Å². The number of amides is 1. The van der Waals surface area contributed by atoms with Crippen LogP contribution in [0.4, 0.5) is 0 Å². The predicted molar refractivity (Wildman–Crippen MR) is 199 cm³/mol. The van der Waals surface area contributed by atoms with E-state index in [4.69, 9.17) is 20.6 Å². The molecule has 2 saturated heterocycles. The molecule has 2 heterocycles. The first-order valence-corrected chi connectivity index (χ1v) is 19.6. The van der Waals surface area contributed by atoms with Gasteiger partial charge in [0.15, 0.2) is 5.79 Å². The summed E-state index contributed by atoms with van der Waals surface area (Å²) in [5, 5.41) is 21.8. The molecular weight excluding hydrogens is 646 g/mol. The molecule has 1 amide bonds. The smallest absolute Gasteiger partial charge is 0.329 e. The highest BCUT2D eigenvalue weighted by Gasteiger charge is 2.46. The number of ether oxygens (including phenoxy) is 3. The molecule has 9 atom stereocenters. The fourth-order valence-corrected chi connectivity index (χ4v) is 8.22. The second kappa shape index (κ2) is 20.7. The number of piperidine rings is 1. The van der Waals surface area contributed by atoms with Gasteiger partial charge < -0.3 is 29.3 Å². The van der Waals surface area contributed by atoms with Crippen molar-refractivity contribution in [2.24, 2.45) is 29.6 Å². The Labute approximate surface area is 307 Å². The maximum absolute atomic E-state index is 14.0. The third kappa shape index (κ3) is 12.8. The molecule has 3 rings (SSSR count). The highest BCUT2D eigenvalue weighted by molar-refractivity contribution is 5.86. The number of hydrogen-bond acceptors (Lipinski definition) is 8. The van der Waals surface area contributed by atoms with Gasteiger partial charge in [-0.05, 0) is 114 Å². The van der Waals surface area contributed by atoms with Crippen LogP contribution in [-0.2, 0) is 28.6 Å². The van der Waals surface area contributed by atoms with Gasteiger partial charge in [-0.25, -0.2) is 4.79 Å². The van der Waals surface area contributed by atoms with Crippen molar-refractivity contribution < 1.29 is 38.8 Å². The molecule has 3 aliphatic rings. The minimum absolute atomic E-state index is 0.0387. The standard InChI is InChI=1S/C42H67NO8/c1-9-11-14-28(3)23-30(5)37(45)26-39(31(6)24-33-17-19-34(44)20-18-33)50-41(47)36-15-12-13-22-43(36)40(46)27-42(48)32(7)16-21-35(51-42)25-38(49-8)29(4)10-2/h1,10-11,14,28,30-36,38-39,44,48H,12-13,15-27H2,2-8H3. The van der Waals surface area contributed by atoms with Gasteiger partial charge in [0.2, 0.25) is 5.91 Å². The lowest BCUT2D eigenvalue weighted by Crippen LogP contribution is -2.55. The lowest BCUT2D eigenvalue weighted by molar-refractivity contribution is -0.284. The van der Waals surface area contributed by atoms with Crippen LogP contribution >= 0.6 is 0 Å². The number of carbonyl (C=O) groups excluding carboxylic acids is 3. The number of nitrogens with zero attached hydrogens (tertiary/aromatic N) is 1. The normalized spacial score (nSPS) is 30.5. The Morgan fingerprint density at radius 2 is 1.76 bits per heavy atom. The lowest BCUT2D eigenvalue weighted by atomic mass is 9.79. The molecule has 2 N–H and O–H groups in total. The highest BCUT2D eigenvalue weighted by Crippen LogP contribution is 2.38. The van der Waals surface area contributed by atoms with Gasteiger partial charge in [-0.2, -0.15) is 0 Å². The quantitative estimate of drug-likeness (QED) is 0.0946. The molecule has 0 aromatic rings. The van der Waals surface area contributed by atoms with Gasteiger partial charge in [-0.1, -0.05) is 45.8 Å². The summed E-state index contributed by atoms with van der Waals surface area (Å²) in [5.41, 5.74) is 1.09. The summed E-state index contributed by atoms with van der Waals surface area (Å²) in [5.74, 6) is 0.00918. The number of carbonyl (C=O) groups is 3. The molecule has 288 valence electrons. The Balaban J connectivity index is 1.74. The second-order valence-electron chi connectivity index (χ2n) is 16.0. The van der Waals surface area contributed by atoms with Gasteiger partial charge in [0.1, 0.15) is 17.9 Å². The van der Waals surface area contributed by atoms with Crippen molar-refractivity contribution in [3.63, 3.8) is 0 Å². The monoisotopic (exact) mass is 713 g/mol. The van der Waals surface area contributed by atoms with Gasteiger partial charge in [0.25, 0.3) is 0 Å². The first kappa shape index (κ1) is 42.9. The van der Waals surface area contributed by atoms with Gasteiger partial charge in [0, 0.05) is 38.3 Å². The summed E-state index contributed by atoms with van der Waals surface area (Å²) in [4.78, 5) is 43.2. The number of aliphatic hydroxyl groups is 2. The van der Waals surface area contributed by atoms with E-state index >= 15 is 0 Å². The molecule has 2 aliphatic heterocycles. The third-order valence-electron chi connectivity index (χ3n) is 11.9. The fraction of sp³-hybridized carbons (Fsp3) is 0.786. The molecule has 3 fully saturated rings. The SMILES string of the molecule is C#CC=CC(C)CC(C)C(=O)CC(OC(=O)C1CCCCN1C(=O)CC1(O)OC(CC(OC)C(C)=CC)CCC1C)C(C)CC1CCC(O)CC1. The summed E-state index contributed by atoms with van der Waals surface area (Å²) in [6, 6.07) is -0.791. The van der Waals surface area contributed by atoms with Crippen molar-refractivity contribution in [2.75, 3.05) is 13.7 Å². The number of likely N-dealkylation sites (tertiary alicyclic amines) is 1. The molecule has 0 aromatic heterocycles. The predicted octanol–water partition coefficient (Wildman–Crippen LogP) is 6.93. The van der Waals surface area contributed by atoms with Crippen molar-refractivity contribution in [2.45, 2.75) is 168 Å². The van der Waals surface area contributed by atoms with Crippen LogP contribution in [-0.4, -0.2) is 82.7 Å². The van der Waals surface area contributed by atoms with Crippen LogP contribution in [0.2, 0.25) is 0 Å². The Morgan fingerprint density at radius 1 is 1.06 bits per heavy atom. The third-order valence-corrected chi connectivity index (χ3v) is 11.9. The van der Waals surface area contributed by atoms with Crippen molar-refractivity contribution in [3.8, 4) is 12.3 Å². The maximum atomic E-state index is 14.0. The summed E-state index contributed by atoms with van der Waals surface area (Å²) in [6.45, 7) is 12.3. The first-order chi connectivity index (χ1) is 24.2. The van der Waals surface area contributed by atoms with Crippen LogP contribution < -0.4 is 0 Å². The average molecular weight is 714 g/mol. The molecule has 0 radical (unpaired) electrons. The molecule has 1 aliphatic carbocycles. The van der Waals surface area contributed by atoms with Crippen LogP contribution in [0.3, 0.4) is 0 Å². The van der Waals surface area contributed by atoms with Crippen molar-refractivity contribution >= 4 is 17.7 Å². The van der Waals surface area contributed by atoms with Crippen LogP contribution in [0.1, 0.15) is 131 Å². The van der Waals surface area contributed by atoms with E-state index in [2.05, 4.69) is 5.92 Å². The number of methoxy groups -OCH3 is 1. The Bertz CT molecular complexity index is 1230. The molecular formula is C42H67NO8. The van der Waals surface area contributed by atoms with E-state index in [0.717, 1.165) is 56.9 Å². The number of esters is 1. The second-order valence-corrected chi connectivity index (χ2v) is 16.0. The van der Waals surface area contributed by atoms with Gasteiger partial charge in [0.05, 0.1) is 24.7 Å². The van der Waals surface area contributed by atoms with Crippen molar-refractivity contribution in [3.05, 3.63) is 23.8 Å². The number of rotatable bonds is 17. The Hall–Kier alpha value is -2.51. The highest BCUT2D eigenvalue weighted by atomic mass is 16.6. The molecule has 9 unspecified atom stereocenters. The summed E-state index contributed by atoms with van der Waals surface area (Å²) in [7, 11) is 1.66. The Morgan fingerprint density at radius 3 is 2.41 bits per heavy atom. The molecule has 0 bridgehead atoms. The summed E-state index contributed by atoms with van der Waals surface area (Å²) >= 11 is 0. The van der Waals surface area contributed by atoms with E-state index in [0.29, 0.717) is 38.1 Å². The average Bonchev–Trinajstić information content (AvgIpc) is 3.11. The van der Waals surface area contributed by atoms with E-state index in [1.165, 1.54) is 0 Å². The Kier molecular flexibility index (Phi) is 17.4. The summed E-state index contributed by atoms with van der Waals surface area (Å²) < 4.78 is 18.2. The number of allylic oxidation sites excluding steroid dienone is 3. The fourth-order valence-electron chi connectivity index (χ4n) is 8.22. The van der Waals surface area contributed by atoms with Crippen LogP contribution in [0, 0.1) is 41.9 Å². The van der Waals surface area contributed by atoms with Crippen molar-refractivity contribution in [1.29, 1.82) is 0 Å². The zero-order valence-electron chi connectivity index (χ0n) is 32.5. The minimum Gasteiger partial charge on any atom is -0.460 e. The number of hydrogen-bond donors (Lipinski definition) is 2. The lowest BCUT2D eigenvalue weighted by Gasteiger charge is -2.44. The first-order valence-electron chi connectivity index (χ1n) is 19.6. The number of ketones is 1. The topological polar surface area (TPSA) is 123 Å². The largest absolute Gasteiger partial charge is 0.460 e. The number of aliphatic hydroxyl groups excluding tert-OH is 1. The molecule has 51 heavy (non-hydrogen) atoms. The van der Waals surface area contributed by atoms with Crippen LogP contribution in [0.5, 0.6) is 0 Å². The maximum Gasteiger partial charge on any atom is 0.329 e. The van der Waals surface area contributed by atoms with E-state index in [1.807, 2.05) is 53.7 Å². The number of terminal acetylenes is 1. The minimum atomic E-state index is -1.66. The zero-order valence-corrected chi connectivity index (χ0v) is 32.5. The molecule has 0 aromatic carbocycles. The van der Waals surface area contributed by atoms with E-state index in [1.54, 1.807) is 18.1 Å². The van der Waals surface area contributed by atoms with E-state index in [-0.39, 0.29) is 66.5 Å². The number of Topliss-reactive ketones (excluding diaryl/α,β-unsaturated/α-hetero) is 1. The van der Waals surface area contributed by atoms with Gasteiger partial charge in [-0.3, -0.25) is 9.59 Å². The molecule has 9 nitrogen and oxygen atoms in total. The summed E-state index contributed by atoms with van der Waals surface area (Å²) in [6.07, 6.45) is 18.3. The van der Waals surface area contributed by atoms with Crippen LogP contribution in [0.25, 0.3) is 0 Å². The van der Waals surface area contributed by atoms with Crippen molar-refractivity contribution in [1.82, 2.24) is 4.90 Å². The molecule has 9 heteroatoms. The van der Waals surface area contributed by atoms with E-state index < -0.39 is 23.9 Å². The van der Waals surface area contributed by atoms with Crippen LogP contribution in [0.15, 0.2) is 23.8 Å². The van der Waals surface area contributed by atoms with Gasteiger partial charge >= 0.3 is 5.97 Å².